The average Bonchev–Trinajstić information content (AvgIpc) is 2.95. The van der Waals surface area contributed by atoms with Crippen molar-refractivity contribution in [2.24, 2.45) is 5.92 Å². The minimum absolute atomic E-state index is 0.0588. The van der Waals surface area contributed by atoms with Crippen molar-refractivity contribution in [3.05, 3.63) is 114 Å². The van der Waals surface area contributed by atoms with Gasteiger partial charge in [-0.1, -0.05) is 72.8 Å². The number of pyridine rings is 1. The molecular formula is C31H31N3O3. The normalized spacial score (nSPS) is 18.5. The Morgan fingerprint density at radius 1 is 1.00 bits per heavy atom. The summed E-state index contributed by atoms with van der Waals surface area (Å²) in [6.45, 7) is 4.15. The van der Waals surface area contributed by atoms with E-state index in [4.69, 9.17) is 0 Å². The second-order valence-corrected chi connectivity index (χ2v) is 9.74. The van der Waals surface area contributed by atoms with Crippen molar-refractivity contribution in [3.8, 4) is 0 Å². The zero-order chi connectivity index (χ0) is 25.8. The van der Waals surface area contributed by atoms with E-state index in [1.807, 2.05) is 18.2 Å². The first kappa shape index (κ1) is 24.7. The number of carboxylic acids is 1. The Labute approximate surface area is 217 Å². The molecule has 1 aliphatic rings. The Morgan fingerprint density at radius 3 is 2.57 bits per heavy atom. The lowest BCUT2D eigenvalue weighted by Gasteiger charge is -2.39. The van der Waals surface area contributed by atoms with Gasteiger partial charge in [0.1, 0.15) is 0 Å². The van der Waals surface area contributed by atoms with Gasteiger partial charge in [-0.2, -0.15) is 0 Å². The maximum Gasteiger partial charge on any atom is 0.338 e. The molecule has 6 heteroatoms. The van der Waals surface area contributed by atoms with Crippen LogP contribution in [0, 0.1) is 5.92 Å². The zero-order valence-corrected chi connectivity index (χ0v) is 20.9. The molecule has 37 heavy (non-hydrogen) atoms. The smallest absolute Gasteiger partial charge is 0.338 e. The molecule has 0 bridgehead atoms. The number of hydrogen-bond acceptors (Lipinski definition) is 4. The van der Waals surface area contributed by atoms with Crippen LogP contribution in [0.2, 0.25) is 0 Å². The van der Waals surface area contributed by atoms with Crippen LogP contribution < -0.4 is 5.32 Å². The van der Waals surface area contributed by atoms with Gasteiger partial charge in [0, 0.05) is 37.4 Å². The first-order valence-corrected chi connectivity index (χ1v) is 12.8. The second kappa shape index (κ2) is 10.9. The molecule has 2 heterocycles. The van der Waals surface area contributed by atoms with E-state index in [1.165, 1.54) is 40.4 Å². The summed E-state index contributed by atoms with van der Waals surface area (Å²) < 4.78 is 0. The number of rotatable bonds is 7. The number of piperidine rings is 1. The third-order valence-electron chi connectivity index (χ3n) is 7.53. The molecule has 2 N–H and O–H groups in total. The largest absolute Gasteiger partial charge is 0.478 e. The summed E-state index contributed by atoms with van der Waals surface area (Å²) in [4.78, 5) is 30.8. The number of carbonyl (C=O) groups is 2. The Morgan fingerprint density at radius 2 is 1.76 bits per heavy atom. The molecule has 0 saturated carbocycles. The van der Waals surface area contributed by atoms with E-state index in [0.717, 1.165) is 13.0 Å². The van der Waals surface area contributed by atoms with Crippen molar-refractivity contribution in [1.82, 2.24) is 15.2 Å². The van der Waals surface area contributed by atoms with Crippen molar-refractivity contribution in [1.29, 1.82) is 0 Å². The Bertz CT molecular complexity index is 1400. The van der Waals surface area contributed by atoms with Gasteiger partial charge < -0.3 is 15.3 Å². The van der Waals surface area contributed by atoms with Gasteiger partial charge in [0.25, 0.3) is 5.91 Å². The first-order valence-electron chi connectivity index (χ1n) is 12.8. The number of amides is 1. The minimum Gasteiger partial charge on any atom is -0.478 e. The molecule has 1 amide bonds. The molecule has 3 atom stereocenters. The minimum atomic E-state index is -1.14. The number of likely N-dealkylation sites (tertiary alicyclic amines) is 1. The predicted molar refractivity (Wildman–Crippen MR) is 145 cm³/mol. The summed E-state index contributed by atoms with van der Waals surface area (Å²) in [5, 5.41) is 15.8. The molecule has 0 radical (unpaired) electrons. The lowest BCUT2D eigenvalue weighted by Crippen LogP contribution is -2.45. The van der Waals surface area contributed by atoms with E-state index < -0.39 is 5.97 Å². The topological polar surface area (TPSA) is 82.5 Å². The fraction of sp³-hybridized carbons (Fsp3) is 0.258. The van der Waals surface area contributed by atoms with E-state index in [2.05, 4.69) is 71.8 Å². The van der Waals surface area contributed by atoms with Crippen molar-refractivity contribution < 1.29 is 14.7 Å². The van der Waals surface area contributed by atoms with E-state index >= 15 is 0 Å². The van der Waals surface area contributed by atoms with Gasteiger partial charge in [0.05, 0.1) is 11.1 Å². The number of hydrogen-bond donors (Lipinski definition) is 2. The standard InChI is InChI=1S/C31H31N3O3/c1-21(25-13-7-11-22-10-5-6-12-26(22)25)33-18-24-15-17-34(20-29(24)23-8-3-2-4-9-23)30(35)27-14-16-32-19-28(27)31(36)37/h2-14,16,19,21,24,29,33H,15,17-18,20H2,1H3,(H,36,37)/t21-,24?,29?/m1/s1. The highest BCUT2D eigenvalue weighted by Gasteiger charge is 2.34. The number of aromatic carboxylic acids is 1. The molecule has 0 spiro atoms. The van der Waals surface area contributed by atoms with Gasteiger partial charge in [-0.05, 0) is 53.8 Å². The second-order valence-electron chi connectivity index (χ2n) is 9.74. The SMILES string of the molecule is C[C@@H](NCC1CCN(C(=O)c2ccncc2C(=O)O)CC1c1ccccc1)c1cccc2ccccc12. The van der Waals surface area contributed by atoms with E-state index in [1.54, 1.807) is 4.90 Å². The van der Waals surface area contributed by atoms with Crippen molar-refractivity contribution in [2.75, 3.05) is 19.6 Å². The fourth-order valence-corrected chi connectivity index (χ4v) is 5.50. The van der Waals surface area contributed by atoms with Crippen molar-refractivity contribution in [3.63, 3.8) is 0 Å². The molecule has 1 saturated heterocycles. The number of nitrogens with one attached hydrogen (secondary N) is 1. The number of aromatic nitrogens is 1. The maximum absolute atomic E-state index is 13.4. The Balaban J connectivity index is 1.35. The van der Waals surface area contributed by atoms with E-state index in [0.29, 0.717) is 19.0 Å². The van der Waals surface area contributed by atoms with Crippen LogP contribution in [0.1, 0.15) is 57.1 Å². The molecule has 3 aromatic carbocycles. The lowest BCUT2D eigenvalue weighted by molar-refractivity contribution is 0.0630. The molecule has 0 aliphatic carbocycles. The summed E-state index contributed by atoms with van der Waals surface area (Å²) in [6.07, 6.45) is 3.54. The summed E-state index contributed by atoms with van der Waals surface area (Å²) in [5.74, 6) is -0.921. The predicted octanol–water partition coefficient (Wildman–Crippen LogP) is 5.53. The molecule has 2 unspecified atom stereocenters. The number of nitrogens with zero attached hydrogens (tertiary/aromatic N) is 2. The number of fused-ring (bicyclic) bond motifs is 1. The molecule has 4 aromatic rings. The summed E-state index contributed by atoms with van der Waals surface area (Å²) in [7, 11) is 0. The van der Waals surface area contributed by atoms with Gasteiger partial charge in [-0.25, -0.2) is 4.79 Å². The van der Waals surface area contributed by atoms with Crippen LogP contribution in [0.25, 0.3) is 10.8 Å². The number of carboxylic acid groups (broad SMARTS) is 1. The van der Waals surface area contributed by atoms with Crippen molar-refractivity contribution >= 4 is 22.6 Å². The summed E-state index contributed by atoms with van der Waals surface area (Å²) in [6, 6.07) is 26.9. The van der Waals surface area contributed by atoms with Crippen LogP contribution in [0.5, 0.6) is 0 Å². The van der Waals surface area contributed by atoms with Crippen LogP contribution in [0.3, 0.4) is 0 Å². The monoisotopic (exact) mass is 493 g/mol. The number of benzene rings is 3. The maximum atomic E-state index is 13.4. The molecule has 6 nitrogen and oxygen atoms in total. The van der Waals surface area contributed by atoms with Crippen LogP contribution >= 0.6 is 0 Å². The zero-order valence-electron chi connectivity index (χ0n) is 20.9. The molecule has 1 aromatic heterocycles. The van der Waals surface area contributed by atoms with Gasteiger partial charge >= 0.3 is 5.97 Å². The fourth-order valence-electron chi connectivity index (χ4n) is 5.50. The van der Waals surface area contributed by atoms with Crippen LogP contribution in [0.15, 0.2) is 91.3 Å². The quantitative estimate of drug-likeness (QED) is 0.354. The third-order valence-corrected chi connectivity index (χ3v) is 7.53. The molecule has 1 aliphatic heterocycles. The van der Waals surface area contributed by atoms with E-state index in [9.17, 15) is 14.7 Å². The summed E-state index contributed by atoms with van der Waals surface area (Å²) in [5.41, 5.74) is 2.60. The van der Waals surface area contributed by atoms with Crippen molar-refractivity contribution in [2.45, 2.75) is 25.3 Å². The average molecular weight is 494 g/mol. The molecule has 5 rings (SSSR count). The summed E-state index contributed by atoms with van der Waals surface area (Å²) >= 11 is 0. The molecule has 188 valence electrons. The highest BCUT2D eigenvalue weighted by Crippen LogP contribution is 2.34. The first-order chi connectivity index (χ1) is 18.0. The lowest BCUT2D eigenvalue weighted by atomic mass is 9.80. The third kappa shape index (κ3) is 5.25. The number of carbonyl (C=O) groups excluding carboxylic acids is 1. The Kier molecular flexibility index (Phi) is 7.28. The Hall–Kier alpha value is -4.03. The van der Waals surface area contributed by atoms with Crippen LogP contribution in [0.4, 0.5) is 0 Å². The highest BCUT2D eigenvalue weighted by molar-refractivity contribution is 6.04. The van der Waals surface area contributed by atoms with Gasteiger partial charge in [0.15, 0.2) is 0 Å². The van der Waals surface area contributed by atoms with Gasteiger partial charge in [0.2, 0.25) is 0 Å². The van der Waals surface area contributed by atoms with Crippen LogP contribution in [-0.2, 0) is 0 Å². The molecule has 1 fully saturated rings. The van der Waals surface area contributed by atoms with Gasteiger partial charge in [-0.3, -0.25) is 9.78 Å². The van der Waals surface area contributed by atoms with Gasteiger partial charge in [-0.15, -0.1) is 0 Å². The van der Waals surface area contributed by atoms with E-state index in [-0.39, 0.29) is 29.0 Å². The molecular weight excluding hydrogens is 462 g/mol. The highest BCUT2D eigenvalue weighted by atomic mass is 16.4. The van der Waals surface area contributed by atoms with Crippen LogP contribution in [-0.4, -0.2) is 46.5 Å².